The van der Waals surface area contributed by atoms with Crippen LogP contribution >= 0.6 is 0 Å². The Morgan fingerprint density at radius 3 is 2.60 bits per heavy atom. The molecule has 1 rings (SSSR count). The van der Waals surface area contributed by atoms with Gasteiger partial charge in [0.05, 0.1) is 7.05 Å². The average Bonchev–Trinajstić information content (AvgIpc) is 2.40. The van der Waals surface area contributed by atoms with Gasteiger partial charge >= 0.3 is 5.97 Å². The third kappa shape index (κ3) is 5.95. The van der Waals surface area contributed by atoms with Crippen molar-refractivity contribution in [3.63, 3.8) is 0 Å². The van der Waals surface area contributed by atoms with Gasteiger partial charge in [0, 0.05) is 5.56 Å². The lowest BCUT2D eigenvalue weighted by Gasteiger charge is -2.31. The number of quaternary nitrogens is 1. The Balaban J connectivity index is 2.53. The molecule has 0 fully saturated rings. The Morgan fingerprint density at radius 2 is 2.00 bits per heavy atom. The van der Waals surface area contributed by atoms with Crippen molar-refractivity contribution in [2.75, 3.05) is 26.8 Å². The number of hydrogen-bond acceptors (Lipinski definition) is 4. The van der Waals surface area contributed by atoms with E-state index in [2.05, 4.69) is 0 Å². The predicted octanol–water partition coefficient (Wildman–Crippen LogP) is 1.72. The van der Waals surface area contributed by atoms with Gasteiger partial charge in [0.2, 0.25) is 0 Å². The van der Waals surface area contributed by atoms with Gasteiger partial charge in [0.1, 0.15) is 39.0 Å². The molecule has 0 bridgehead atoms. The van der Waals surface area contributed by atoms with Crippen molar-refractivity contribution in [1.29, 1.82) is 0 Å². The topological polar surface area (TPSA) is 52.6 Å². The molecule has 0 spiro atoms. The largest absolute Gasteiger partial charge is 0.459 e. The maximum Gasteiger partial charge on any atom is 0.313 e. The molecule has 0 aliphatic carbocycles. The Bertz CT molecular complexity index is 421. The monoisotopic (exact) mass is 280 g/mol. The standard InChI is InChI=1S/C15H22NO4/c1-3-20-16(2,10-12-19-15(18)9-11-17)13-14-7-5-4-6-8-14/h4-8,11H,3,9-10,12-13H2,1-2H3/q+1. The highest BCUT2D eigenvalue weighted by atomic mass is 16.7. The summed E-state index contributed by atoms with van der Waals surface area (Å²) in [7, 11) is 1.95. The smallest absolute Gasteiger partial charge is 0.313 e. The SMILES string of the molecule is CCO[N+](C)(CCOC(=O)CC=O)Cc1ccccc1. The predicted molar refractivity (Wildman–Crippen MR) is 74.5 cm³/mol. The molecule has 0 saturated heterocycles. The van der Waals surface area contributed by atoms with Gasteiger partial charge in [-0.1, -0.05) is 30.3 Å². The molecular weight excluding hydrogens is 258 g/mol. The minimum Gasteiger partial charge on any atom is -0.459 e. The fourth-order valence-corrected chi connectivity index (χ4v) is 1.95. The number of carbonyl (C=O) groups is 2. The summed E-state index contributed by atoms with van der Waals surface area (Å²) in [5, 5.41) is 0. The highest BCUT2D eigenvalue weighted by Crippen LogP contribution is 2.12. The molecule has 0 radical (unpaired) electrons. The van der Waals surface area contributed by atoms with E-state index >= 15 is 0 Å². The number of likely N-dealkylation sites (N-methyl/N-ethyl adjacent to an activating group) is 1. The zero-order valence-electron chi connectivity index (χ0n) is 12.1. The van der Waals surface area contributed by atoms with Crippen LogP contribution in [0.4, 0.5) is 0 Å². The van der Waals surface area contributed by atoms with Crippen molar-refractivity contribution in [2.24, 2.45) is 0 Å². The lowest BCUT2D eigenvalue weighted by molar-refractivity contribution is -1.10. The van der Waals surface area contributed by atoms with E-state index in [4.69, 9.17) is 9.57 Å². The van der Waals surface area contributed by atoms with E-state index in [-0.39, 0.29) is 13.0 Å². The number of benzene rings is 1. The van der Waals surface area contributed by atoms with Crippen LogP contribution in [0.3, 0.4) is 0 Å². The summed E-state index contributed by atoms with van der Waals surface area (Å²) >= 11 is 0. The van der Waals surface area contributed by atoms with Crippen molar-refractivity contribution in [3.8, 4) is 0 Å². The zero-order valence-corrected chi connectivity index (χ0v) is 12.1. The van der Waals surface area contributed by atoms with E-state index in [0.29, 0.717) is 30.6 Å². The number of esters is 1. The van der Waals surface area contributed by atoms with Gasteiger partial charge in [-0.2, -0.15) is 4.65 Å². The van der Waals surface area contributed by atoms with Gasteiger partial charge in [-0.05, 0) is 6.92 Å². The summed E-state index contributed by atoms with van der Waals surface area (Å²) in [5.41, 5.74) is 1.16. The molecule has 20 heavy (non-hydrogen) atoms. The summed E-state index contributed by atoms with van der Waals surface area (Å²) in [5.74, 6) is -0.497. The van der Waals surface area contributed by atoms with Crippen LogP contribution in [0, 0.1) is 0 Å². The highest BCUT2D eigenvalue weighted by Gasteiger charge is 2.24. The molecule has 1 aromatic carbocycles. The number of hydrogen-bond donors (Lipinski definition) is 0. The van der Waals surface area contributed by atoms with E-state index < -0.39 is 5.97 Å². The first-order chi connectivity index (χ1) is 9.59. The fourth-order valence-electron chi connectivity index (χ4n) is 1.95. The van der Waals surface area contributed by atoms with E-state index in [9.17, 15) is 9.59 Å². The third-order valence-corrected chi connectivity index (χ3v) is 2.88. The zero-order chi connectivity index (χ0) is 14.8. The number of carbonyl (C=O) groups excluding carboxylic acids is 2. The first-order valence-electron chi connectivity index (χ1n) is 6.72. The Morgan fingerprint density at radius 1 is 1.30 bits per heavy atom. The minimum atomic E-state index is -0.497. The van der Waals surface area contributed by atoms with Crippen LogP contribution in [-0.4, -0.2) is 43.7 Å². The van der Waals surface area contributed by atoms with Crippen LogP contribution in [0.2, 0.25) is 0 Å². The average molecular weight is 280 g/mol. The van der Waals surface area contributed by atoms with Gasteiger partial charge in [0.15, 0.2) is 0 Å². The molecular formula is C15H22NO4+. The molecule has 110 valence electrons. The second-order valence-corrected chi connectivity index (χ2v) is 4.67. The highest BCUT2D eigenvalue weighted by molar-refractivity contribution is 5.83. The van der Waals surface area contributed by atoms with Gasteiger partial charge in [-0.3, -0.25) is 4.79 Å². The molecule has 0 aliphatic rings. The normalized spacial score (nSPS) is 13.5. The molecule has 1 atom stereocenters. The molecule has 0 saturated carbocycles. The summed E-state index contributed by atoms with van der Waals surface area (Å²) < 4.78 is 5.32. The second-order valence-electron chi connectivity index (χ2n) is 4.67. The van der Waals surface area contributed by atoms with Crippen LogP contribution < -0.4 is 0 Å². The molecule has 5 heteroatoms. The van der Waals surface area contributed by atoms with Crippen molar-refractivity contribution in [3.05, 3.63) is 35.9 Å². The summed E-state index contributed by atoms with van der Waals surface area (Å²) in [6.45, 7) is 3.97. The van der Waals surface area contributed by atoms with Gasteiger partial charge < -0.3 is 9.53 Å². The van der Waals surface area contributed by atoms with Crippen LogP contribution in [0.1, 0.15) is 18.9 Å². The van der Waals surface area contributed by atoms with E-state index in [1.165, 1.54) is 0 Å². The Labute approximate surface area is 119 Å². The fraction of sp³-hybridized carbons (Fsp3) is 0.467. The lowest BCUT2D eigenvalue weighted by atomic mass is 10.2. The van der Waals surface area contributed by atoms with E-state index in [1.54, 1.807) is 0 Å². The molecule has 0 heterocycles. The number of hydroxylamine groups is 3. The third-order valence-electron chi connectivity index (χ3n) is 2.88. The van der Waals surface area contributed by atoms with Crippen LogP contribution in [0.5, 0.6) is 0 Å². The van der Waals surface area contributed by atoms with E-state index in [1.807, 2.05) is 44.3 Å². The maximum absolute atomic E-state index is 11.1. The maximum atomic E-state index is 11.1. The van der Waals surface area contributed by atoms with Crippen LogP contribution in [-0.2, 0) is 25.7 Å². The number of nitrogens with zero attached hydrogens (tertiary/aromatic N) is 1. The van der Waals surface area contributed by atoms with Gasteiger partial charge in [-0.15, -0.1) is 0 Å². The minimum absolute atomic E-state index is 0.197. The van der Waals surface area contributed by atoms with Crippen molar-refractivity contribution >= 4 is 12.3 Å². The number of aldehydes is 1. The Kier molecular flexibility index (Phi) is 6.90. The summed E-state index contributed by atoms with van der Waals surface area (Å²) in [6.07, 6.45) is 0.347. The van der Waals surface area contributed by atoms with E-state index in [0.717, 1.165) is 5.56 Å². The Hall–Kier alpha value is -1.72. The lowest BCUT2D eigenvalue weighted by Crippen LogP contribution is -2.45. The number of ether oxygens (including phenoxy) is 1. The molecule has 0 aromatic heterocycles. The van der Waals surface area contributed by atoms with Crippen molar-refractivity contribution in [2.45, 2.75) is 19.9 Å². The van der Waals surface area contributed by atoms with Crippen molar-refractivity contribution < 1.29 is 23.8 Å². The molecule has 1 unspecified atom stereocenters. The summed E-state index contributed by atoms with van der Waals surface area (Å²) in [6, 6.07) is 10.0. The van der Waals surface area contributed by atoms with Gasteiger partial charge in [0.25, 0.3) is 0 Å². The summed E-state index contributed by atoms with van der Waals surface area (Å²) in [4.78, 5) is 27.1. The number of rotatable bonds is 9. The quantitative estimate of drug-likeness (QED) is 0.227. The van der Waals surface area contributed by atoms with Crippen LogP contribution in [0.25, 0.3) is 0 Å². The van der Waals surface area contributed by atoms with Gasteiger partial charge in [-0.25, -0.2) is 4.84 Å². The molecule has 0 amide bonds. The molecule has 0 aliphatic heterocycles. The second kappa shape index (κ2) is 8.45. The molecule has 5 nitrogen and oxygen atoms in total. The molecule has 1 aromatic rings. The van der Waals surface area contributed by atoms with Crippen LogP contribution in [0.15, 0.2) is 30.3 Å². The first kappa shape index (κ1) is 16.3. The van der Waals surface area contributed by atoms with Crippen molar-refractivity contribution in [1.82, 2.24) is 0 Å². The molecule has 0 N–H and O–H groups in total. The first-order valence-corrected chi connectivity index (χ1v) is 6.72.